The van der Waals surface area contributed by atoms with Crippen molar-refractivity contribution in [3.63, 3.8) is 0 Å². The SMILES string of the molecule is O=C(/C=C/c1cccc(OC(=O)c2cccs2)c1)c1ccc(Br)cc1. The van der Waals surface area contributed by atoms with E-state index in [4.69, 9.17) is 4.74 Å². The molecule has 0 spiro atoms. The van der Waals surface area contributed by atoms with Crippen LogP contribution in [-0.4, -0.2) is 11.8 Å². The van der Waals surface area contributed by atoms with Gasteiger partial charge in [0.1, 0.15) is 10.6 Å². The van der Waals surface area contributed by atoms with E-state index in [-0.39, 0.29) is 11.8 Å². The summed E-state index contributed by atoms with van der Waals surface area (Å²) in [7, 11) is 0. The first-order valence-electron chi connectivity index (χ1n) is 7.45. The van der Waals surface area contributed by atoms with E-state index in [1.54, 1.807) is 48.5 Å². The van der Waals surface area contributed by atoms with Crippen molar-refractivity contribution in [3.05, 3.63) is 92.6 Å². The molecule has 3 aromatic rings. The van der Waals surface area contributed by atoms with Gasteiger partial charge in [0, 0.05) is 10.0 Å². The lowest BCUT2D eigenvalue weighted by Crippen LogP contribution is -2.06. The molecule has 0 N–H and O–H groups in total. The molecule has 0 aliphatic heterocycles. The number of benzene rings is 2. The molecule has 0 aliphatic carbocycles. The molecular weight excluding hydrogens is 400 g/mol. The van der Waals surface area contributed by atoms with Crippen LogP contribution >= 0.6 is 27.3 Å². The number of esters is 1. The second kappa shape index (κ2) is 8.05. The highest BCUT2D eigenvalue weighted by Gasteiger charge is 2.09. The smallest absolute Gasteiger partial charge is 0.353 e. The van der Waals surface area contributed by atoms with Gasteiger partial charge in [0.05, 0.1) is 0 Å². The number of halogens is 1. The van der Waals surface area contributed by atoms with Crippen molar-refractivity contribution >= 4 is 45.1 Å². The lowest BCUT2D eigenvalue weighted by Gasteiger charge is -2.03. The van der Waals surface area contributed by atoms with E-state index in [1.807, 2.05) is 23.6 Å². The van der Waals surface area contributed by atoms with Gasteiger partial charge < -0.3 is 4.74 Å². The zero-order valence-corrected chi connectivity index (χ0v) is 15.4. The van der Waals surface area contributed by atoms with Gasteiger partial charge in [-0.3, -0.25) is 4.79 Å². The molecule has 0 fully saturated rings. The highest BCUT2D eigenvalue weighted by Crippen LogP contribution is 2.18. The van der Waals surface area contributed by atoms with Gasteiger partial charge in [-0.2, -0.15) is 0 Å². The summed E-state index contributed by atoms with van der Waals surface area (Å²) in [5.41, 5.74) is 1.39. The molecule has 5 heteroatoms. The molecule has 0 atom stereocenters. The van der Waals surface area contributed by atoms with Gasteiger partial charge in [0.15, 0.2) is 5.78 Å². The number of rotatable bonds is 5. The maximum absolute atomic E-state index is 12.2. The van der Waals surface area contributed by atoms with Crippen molar-refractivity contribution in [2.75, 3.05) is 0 Å². The normalized spacial score (nSPS) is 10.8. The van der Waals surface area contributed by atoms with Crippen LogP contribution in [0.15, 0.2) is 76.6 Å². The Kier molecular flexibility index (Phi) is 5.58. The number of thiophene rings is 1. The topological polar surface area (TPSA) is 43.4 Å². The van der Waals surface area contributed by atoms with Crippen molar-refractivity contribution in [3.8, 4) is 5.75 Å². The molecule has 3 rings (SSSR count). The summed E-state index contributed by atoms with van der Waals surface area (Å²) in [6.07, 6.45) is 3.20. The Labute approximate surface area is 157 Å². The Morgan fingerprint density at radius 3 is 2.52 bits per heavy atom. The van der Waals surface area contributed by atoms with Crippen LogP contribution in [0.4, 0.5) is 0 Å². The van der Waals surface area contributed by atoms with Gasteiger partial charge >= 0.3 is 5.97 Å². The summed E-state index contributed by atoms with van der Waals surface area (Å²) in [5, 5.41) is 1.82. The molecule has 25 heavy (non-hydrogen) atoms. The standard InChI is InChI=1S/C20H13BrO3S/c21-16-9-7-15(8-10-16)18(22)11-6-14-3-1-4-17(13-14)24-20(23)19-5-2-12-25-19/h1-13H/b11-6+. The van der Waals surface area contributed by atoms with Gasteiger partial charge in [0.2, 0.25) is 0 Å². The predicted octanol–water partition coefficient (Wildman–Crippen LogP) is 5.63. The van der Waals surface area contributed by atoms with Crippen LogP contribution in [-0.2, 0) is 0 Å². The minimum absolute atomic E-state index is 0.0894. The van der Waals surface area contributed by atoms with E-state index >= 15 is 0 Å². The summed E-state index contributed by atoms with van der Waals surface area (Å²) in [4.78, 5) is 24.7. The van der Waals surface area contributed by atoms with Crippen LogP contribution < -0.4 is 4.74 Å². The number of carbonyl (C=O) groups is 2. The average Bonchev–Trinajstić information content (AvgIpc) is 3.15. The Bertz CT molecular complexity index is 912. The third kappa shape index (κ3) is 4.75. The maximum Gasteiger partial charge on any atom is 0.353 e. The van der Waals surface area contributed by atoms with Crippen molar-refractivity contribution in [2.24, 2.45) is 0 Å². The fourth-order valence-corrected chi connectivity index (χ4v) is 2.98. The van der Waals surface area contributed by atoms with Crippen LogP contribution in [0.5, 0.6) is 5.75 Å². The zero-order valence-electron chi connectivity index (χ0n) is 13.0. The molecule has 1 aromatic heterocycles. The third-order valence-electron chi connectivity index (χ3n) is 3.35. The molecule has 0 saturated carbocycles. The quantitative estimate of drug-likeness (QED) is 0.236. The fraction of sp³-hybridized carbons (Fsp3) is 0. The van der Waals surface area contributed by atoms with E-state index in [9.17, 15) is 9.59 Å². The van der Waals surface area contributed by atoms with E-state index in [2.05, 4.69) is 15.9 Å². The van der Waals surface area contributed by atoms with Crippen LogP contribution in [0.1, 0.15) is 25.6 Å². The highest BCUT2D eigenvalue weighted by molar-refractivity contribution is 9.10. The van der Waals surface area contributed by atoms with E-state index < -0.39 is 0 Å². The molecule has 0 bridgehead atoms. The van der Waals surface area contributed by atoms with Crippen LogP contribution in [0.25, 0.3) is 6.08 Å². The average molecular weight is 413 g/mol. The fourth-order valence-electron chi connectivity index (χ4n) is 2.12. The van der Waals surface area contributed by atoms with E-state index in [1.165, 1.54) is 17.4 Å². The molecular formula is C20H13BrO3S. The molecule has 0 aliphatic rings. The summed E-state index contributed by atoms with van der Waals surface area (Å²) < 4.78 is 6.28. The van der Waals surface area contributed by atoms with Crippen LogP contribution in [0.3, 0.4) is 0 Å². The minimum Gasteiger partial charge on any atom is -0.422 e. The number of hydrogen-bond donors (Lipinski definition) is 0. The minimum atomic E-state index is -0.387. The van der Waals surface area contributed by atoms with E-state index in [0.717, 1.165) is 10.0 Å². The third-order valence-corrected chi connectivity index (χ3v) is 4.73. The summed E-state index contributed by atoms with van der Waals surface area (Å²) in [5.74, 6) is -0.0350. The van der Waals surface area contributed by atoms with Gasteiger partial charge in [-0.25, -0.2) is 4.79 Å². The number of ether oxygens (including phenoxy) is 1. The lowest BCUT2D eigenvalue weighted by atomic mass is 10.1. The van der Waals surface area contributed by atoms with Gasteiger partial charge in [-0.05, 0) is 59.5 Å². The molecule has 0 unspecified atom stereocenters. The van der Waals surface area contributed by atoms with Crippen LogP contribution in [0.2, 0.25) is 0 Å². The molecule has 0 radical (unpaired) electrons. The number of hydrogen-bond acceptors (Lipinski definition) is 4. The van der Waals surface area contributed by atoms with Crippen molar-refractivity contribution in [1.29, 1.82) is 0 Å². The molecule has 0 saturated heterocycles. The van der Waals surface area contributed by atoms with Gasteiger partial charge in [-0.1, -0.05) is 40.2 Å². The summed E-state index contributed by atoms with van der Waals surface area (Å²) in [6, 6.07) is 17.7. The molecule has 0 amide bonds. The summed E-state index contributed by atoms with van der Waals surface area (Å²) in [6.45, 7) is 0. The Balaban J connectivity index is 1.69. The Hall–Kier alpha value is -2.50. The monoisotopic (exact) mass is 412 g/mol. The molecule has 3 nitrogen and oxygen atoms in total. The molecule has 124 valence electrons. The highest BCUT2D eigenvalue weighted by atomic mass is 79.9. The first kappa shape index (κ1) is 17.3. The second-order valence-corrected chi connectivity index (χ2v) is 7.01. The molecule has 2 aromatic carbocycles. The second-order valence-electron chi connectivity index (χ2n) is 5.14. The van der Waals surface area contributed by atoms with Crippen molar-refractivity contribution < 1.29 is 14.3 Å². The Morgan fingerprint density at radius 1 is 1.00 bits per heavy atom. The number of carbonyl (C=O) groups excluding carboxylic acids is 2. The Morgan fingerprint density at radius 2 is 1.80 bits per heavy atom. The number of ketones is 1. The lowest BCUT2D eigenvalue weighted by molar-refractivity contribution is 0.0739. The first-order chi connectivity index (χ1) is 12.1. The van der Waals surface area contributed by atoms with Gasteiger partial charge in [-0.15, -0.1) is 11.3 Å². The summed E-state index contributed by atoms with van der Waals surface area (Å²) >= 11 is 4.67. The largest absolute Gasteiger partial charge is 0.422 e. The predicted molar refractivity (Wildman–Crippen MR) is 103 cm³/mol. The van der Waals surface area contributed by atoms with Crippen LogP contribution in [0, 0.1) is 0 Å². The zero-order chi connectivity index (χ0) is 17.6. The number of allylic oxidation sites excluding steroid dienone is 1. The maximum atomic E-state index is 12.2. The van der Waals surface area contributed by atoms with E-state index in [0.29, 0.717) is 16.2 Å². The molecule has 1 heterocycles. The van der Waals surface area contributed by atoms with Crippen molar-refractivity contribution in [1.82, 2.24) is 0 Å². The first-order valence-corrected chi connectivity index (χ1v) is 9.13. The van der Waals surface area contributed by atoms with Crippen molar-refractivity contribution in [2.45, 2.75) is 0 Å². The van der Waals surface area contributed by atoms with Gasteiger partial charge in [0.25, 0.3) is 0 Å².